The average Bonchev–Trinajstić information content (AvgIpc) is 2.87. The summed E-state index contributed by atoms with van der Waals surface area (Å²) in [7, 11) is 0. The molecule has 2 aromatic heterocycles. The number of fused-ring (bicyclic) bond motifs is 1. The number of H-pyrrole nitrogens is 1. The lowest BCUT2D eigenvalue weighted by Crippen LogP contribution is -2.31. The smallest absolute Gasteiger partial charge is 0.233 e. The highest BCUT2D eigenvalue weighted by Crippen LogP contribution is 2.12. The lowest BCUT2D eigenvalue weighted by atomic mass is 10.1. The largest absolute Gasteiger partial charge is 0.303 e. The Hall–Kier alpha value is -0.790. The van der Waals surface area contributed by atoms with Gasteiger partial charge in [0.2, 0.25) is 4.96 Å². The van der Waals surface area contributed by atoms with Gasteiger partial charge in [-0.25, -0.2) is 4.52 Å². The van der Waals surface area contributed by atoms with Crippen molar-refractivity contribution in [2.75, 3.05) is 19.6 Å². The maximum absolute atomic E-state index is 5.10. The highest BCUT2D eigenvalue weighted by atomic mass is 32.1. The molecule has 1 fully saturated rings. The third kappa shape index (κ3) is 2.41. The van der Waals surface area contributed by atoms with E-state index in [-0.39, 0.29) is 0 Å². The monoisotopic (exact) mass is 269 g/mol. The molecular formula is C10H15N5S2. The minimum Gasteiger partial charge on any atom is -0.303 e. The Morgan fingerprint density at radius 1 is 1.24 bits per heavy atom. The van der Waals surface area contributed by atoms with Crippen molar-refractivity contribution in [1.82, 2.24) is 24.7 Å². The predicted molar refractivity (Wildman–Crippen MR) is 70.0 cm³/mol. The van der Waals surface area contributed by atoms with Crippen LogP contribution in [0.2, 0.25) is 0 Å². The van der Waals surface area contributed by atoms with Crippen LogP contribution in [0.3, 0.4) is 0 Å². The second-order valence-corrected chi connectivity index (χ2v) is 6.03. The third-order valence-electron chi connectivity index (χ3n) is 3.19. The number of piperidine rings is 1. The van der Waals surface area contributed by atoms with Crippen LogP contribution in [-0.2, 0) is 6.42 Å². The molecule has 1 N–H and O–H groups in total. The van der Waals surface area contributed by atoms with Gasteiger partial charge < -0.3 is 4.90 Å². The predicted octanol–water partition coefficient (Wildman–Crippen LogP) is 1.88. The van der Waals surface area contributed by atoms with Crippen LogP contribution in [0.4, 0.5) is 0 Å². The first-order valence-corrected chi connectivity index (χ1v) is 7.21. The minimum absolute atomic E-state index is 0.758. The Bertz CT molecular complexity index is 548. The molecule has 3 rings (SSSR count). The van der Waals surface area contributed by atoms with Crippen LogP contribution in [-0.4, -0.2) is 44.3 Å². The number of nitrogens with one attached hydrogen (secondary N) is 1. The van der Waals surface area contributed by atoms with E-state index >= 15 is 0 Å². The van der Waals surface area contributed by atoms with E-state index in [0.29, 0.717) is 0 Å². The van der Waals surface area contributed by atoms with E-state index in [2.05, 4.69) is 20.2 Å². The van der Waals surface area contributed by atoms with E-state index in [4.69, 9.17) is 12.2 Å². The fraction of sp³-hybridized carbons (Fsp3) is 0.700. The van der Waals surface area contributed by atoms with E-state index in [1.807, 2.05) is 4.52 Å². The molecule has 1 aliphatic heterocycles. The first-order chi connectivity index (χ1) is 8.33. The zero-order valence-corrected chi connectivity index (χ0v) is 11.2. The van der Waals surface area contributed by atoms with Gasteiger partial charge in [-0.2, -0.15) is 0 Å². The van der Waals surface area contributed by atoms with Crippen molar-refractivity contribution in [2.45, 2.75) is 25.7 Å². The summed E-state index contributed by atoms with van der Waals surface area (Å²) >= 11 is 6.57. The van der Waals surface area contributed by atoms with Gasteiger partial charge in [-0.1, -0.05) is 17.8 Å². The highest BCUT2D eigenvalue weighted by molar-refractivity contribution is 7.73. The summed E-state index contributed by atoms with van der Waals surface area (Å²) in [6.45, 7) is 3.51. The highest BCUT2D eigenvalue weighted by Gasteiger charge is 2.12. The van der Waals surface area contributed by atoms with Crippen molar-refractivity contribution in [3.8, 4) is 0 Å². The van der Waals surface area contributed by atoms with Crippen molar-refractivity contribution in [3.05, 3.63) is 9.78 Å². The van der Waals surface area contributed by atoms with E-state index in [0.717, 1.165) is 27.7 Å². The summed E-state index contributed by atoms with van der Waals surface area (Å²) in [6, 6.07) is 0. The van der Waals surface area contributed by atoms with Crippen molar-refractivity contribution in [2.24, 2.45) is 0 Å². The molecule has 0 unspecified atom stereocenters. The number of likely N-dealkylation sites (tertiary alicyclic amines) is 1. The van der Waals surface area contributed by atoms with Gasteiger partial charge >= 0.3 is 0 Å². The summed E-state index contributed by atoms with van der Waals surface area (Å²) in [5.41, 5.74) is 0. The van der Waals surface area contributed by atoms with E-state index < -0.39 is 0 Å². The molecule has 1 aliphatic rings. The molecule has 0 aromatic carbocycles. The molecule has 0 aliphatic carbocycles. The zero-order chi connectivity index (χ0) is 11.7. The Balaban J connectivity index is 1.69. The molecule has 92 valence electrons. The fourth-order valence-electron chi connectivity index (χ4n) is 2.28. The second-order valence-electron chi connectivity index (χ2n) is 4.39. The van der Waals surface area contributed by atoms with Crippen molar-refractivity contribution < 1.29 is 0 Å². The first kappa shape index (κ1) is 11.3. The summed E-state index contributed by atoms with van der Waals surface area (Å²) in [5.74, 6) is 0.984. The average molecular weight is 269 g/mol. The van der Waals surface area contributed by atoms with Gasteiger partial charge in [0.15, 0.2) is 9.78 Å². The van der Waals surface area contributed by atoms with Crippen LogP contribution < -0.4 is 0 Å². The molecule has 0 amide bonds. The normalized spacial score (nSPS) is 17.9. The Morgan fingerprint density at radius 2 is 2.06 bits per heavy atom. The Morgan fingerprint density at radius 3 is 2.88 bits per heavy atom. The Kier molecular flexibility index (Phi) is 3.21. The lowest BCUT2D eigenvalue weighted by Gasteiger charge is -2.25. The molecule has 0 radical (unpaired) electrons. The van der Waals surface area contributed by atoms with E-state index in [1.165, 1.54) is 43.7 Å². The van der Waals surface area contributed by atoms with Crippen LogP contribution >= 0.6 is 23.6 Å². The number of aromatic amines is 1. The molecule has 0 bridgehead atoms. The van der Waals surface area contributed by atoms with Gasteiger partial charge in [0.05, 0.1) is 0 Å². The van der Waals surface area contributed by atoms with Crippen LogP contribution in [0.25, 0.3) is 4.96 Å². The molecule has 1 saturated heterocycles. The third-order valence-corrected chi connectivity index (χ3v) is 4.25. The first-order valence-electron chi connectivity index (χ1n) is 5.98. The molecule has 3 heterocycles. The van der Waals surface area contributed by atoms with Crippen LogP contribution in [0, 0.1) is 3.95 Å². The van der Waals surface area contributed by atoms with Gasteiger partial charge in [0.1, 0.15) is 0 Å². The van der Waals surface area contributed by atoms with E-state index in [9.17, 15) is 0 Å². The molecule has 0 saturated carbocycles. The van der Waals surface area contributed by atoms with Crippen molar-refractivity contribution in [3.63, 3.8) is 0 Å². The summed E-state index contributed by atoms with van der Waals surface area (Å²) in [6.07, 6.45) is 4.97. The van der Waals surface area contributed by atoms with Crippen LogP contribution in [0.5, 0.6) is 0 Å². The SMILES string of the molecule is S=c1[nH]n2c(CCN3CCCCC3)nnc2s1. The van der Waals surface area contributed by atoms with E-state index in [1.54, 1.807) is 0 Å². The standard InChI is InChI=1S/C10H15N5S2/c16-10-13-15-8(11-12-9(15)17-10)4-7-14-5-2-1-3-6-14/h1-7H2,(H,13,16). The van der Waals surface area contributed by atoms with Gasteiger partial charge in [-0.15, -0.1) is 10.2 Å². The molecule has 0 atom stereocenters. The maximum Gasteiger partial charge on any atom is 0.233 e. The Labute approximate surface area is 108 Å². The minimum atomic E-state index is 0.758. The molecule has 2 aromatic rings. The van der Waals surface area contributed by atoms with Crippen molar-refractivity contribution >= 4 is 28.5 Å². The summed E-state index contributed by atoms with van der Waals surface area (Å²) < 4.78 is 2.67. The molecule has 0 spiro atoms. The molecule has 5 nitrogen and oxygen atoms in total. The number of aromatic nitrogens is 4. The van der Waals surface area contributed by atoms with Gasteiger partial charge in [0.25, 0.3) is 0 Å². The topological polar surface area (TPSA) is 49.2 Å². The number of rotatable bonds is 3. The quantitative estimate of drug-likeness (QED) is 0.864. The summed E-state index contributed by atoms with van der Waals surface area (Å²) in [5, 5.41) is 11.4. The zero-order valence-electron chi connectivity index (χ0n) is 9.56. The summed E-state index contributed by atoms with van der Waals surface area (Å²) in [4.78, 5) is 3.37. The van der Waals surface area contributed by atoms with Gasteiger partial charge in [-0.3, -0.25) is 5.10 Å². The molecular weight excluding hydrogens is 254 g/mol. The fourth-order valence-corrected chi connectivity index (χ4v) is 3.22. The maximum atomic E-state index is 5.10. The van der Waals surface area contributed by atoms with Crippen LogP contribution in [0.1, 0.15) is 25.1 Å². The lowest BCUT2D eigenvalue weighted by molar-refractivity contribution is 0.230. The number of nitrogens with zero attached hydrogens (tertiary/aromatic N) is 4. The number of hydrogen-bond acceptors (Lipinski definition) is 5. The van der Waals surface area contributed by atoms with Crippen molar-refractivity contribution in [1.29, 1.82) is 0 Å². The van der Waals surface area contributed by atoms with Gasteiger partial charge in [0, 0.05) is 13.0 Å². The second kappa shape index (κ2) is 4.83. The molecule has 17 heavy (non-hydrogen) atoms. The number of hydrogen-bond donors (Lipinski definition) is 1. The van der Waals surface area contributed by atoms with Crippen LogP contribution in [0.15, 0.2) is 0 Å². The van der Waals surface area contributed by atoms with Gasteiger partial charge in [-0.05, 0) is 38.1 Å². The molecule has 7 heteroatoms.